The molecule has 0 unspecified atom stereocenters. The molecule has 1 rings (SSSR count). The van der Waals surface area contributed by atoms with Gasteiger partial charge in [0.05, 0.1) is 12.7 Å². The lowest BCUT2D eigenvalue weighted by Gasteiger charge is -2.28. The molecule has 0 saturated carbocycles. The average Bonchev–Trinajstić information content (AvgIpc) is 2.52. The highest BCUT2D eigenvalue weighted by atomic mass is 16.7. The first-order chi connectivity index (χ1) is 10.2. The van der Waals surface area contributed by atoms with Crippen molar-refractivity contribution in [2.24, 2.45) is 0 Å². The van der Waals surface area contributed by atoms with E-state index in [4.69, 9.17) is 18.9 Å². The first-order valence-electron chi connectivity index (χ1n) is 7.14. The van der Waals surface area contributed by atoms with Crippen molar-refractivity contribution in [2.75, 3.05) is 21.0 Å². The maximum Gasteiger partial charge on any atom is 0.147 e. The Morgan fingerprint density at radius 3 is 2.38 bits per heavy atom. The van der Waals surface area contributed by atoms with Crippen molar-refractivity contribution in [3.8, 4) is 0 Å². The normalized spacial score (nSPS) is 16.0. The zero-order valence-electron chi connectivity index (χ0n) is 13.3. The first kappa shape index (κ1) is 17.9. The summed E-state index contributed by atoms with van der Waals surface area (Å²) in [5.74, 6) is 0. The minimum Gasteiger partial charge on any atom is -0.376 e. The average molecular weight is 294 g/mol. The van der Waals surface area contributed by atoms with Crippen LogP contribution in [0.2, 0.25) is 0 Å². The van der Waals surface area contributed by atoms with Crippen LogP contribution in [-0.4, -0.2) is 39.3 Å². The van der Waals surface area contributed by atoms with Gasteiger partial charge in [-0.15, -0.1) is 0 Å². The van der Waals surface area contributed by atoms with E-state index in [1.54, 1.807) is 14.2 Å². The van der Waals surface area contributed by atoms with Gasteiger partial charge in [-0.05, 0) is 19.4 Å². The van der Waals surface area contributed by atoms with Crippen LogP contribution in [0.1, 0.15) is 19.4 Å². The fraction of sp³-hybridized carbons (Fsp3) is 0.529. The van der Waals surface area contributed by atoms with Gasteiger partial charge in [0.25, 0.3) is 0 Å². The summed E-state index contributed by atoms with van der Waals surface area (Å²) in [5.41, 5.74) is 1.14. The predicted molar refractivity (Wildman–Crippen MR) is 83.1 cm³/mol. The molecule has 0 aromatic heterocycles. The Balaban J connectivity index is 2.58. The molecule has 0 fully saturated rings. The monoisotopic (exact) mass is 294 g/mol. The van der Waals surface area contributed by atoms with Gasteiger partial charge < -0.3 is 18.9 Å². The highest BCUT2D eigenvalue weighted by Gasteiger charge is 2.26. The number of ether oxygens (including phenoxy) is 4. The molecule has 0 saturated heterocycles. The minimum atomic E-state index is -0.203. The Labute approximate surface area is 127 Å². The van der Waals surface area contributed by atoms with Gasteiger partial charge in [-0.25, -0.2) is 0 Å². The van der Waals surface area contributed by atoms with E-state index in [2.05, 4.69) is 0 Å². The Kier molecular flexibility index (Phi) is 8.94. The van der Waals surface area contributed by atoms with Gasteiger partial charge in [-0.2, -0.15) is 0 Å². The van der Waals surface area contributed by atoms with E-state index >= 15 is 0 Å². The molecule has 0 N–H and O–H groups in total. The fourth-order valence-electron chi connectivity index (χ4n) is 2.09. The molecule has 0 radical (unpaired) electrons. The summed E-state index contributed by atoms with van der Waals surface area (Å²) in [6, 6.07) is 10.1. The standard InChI is InChI=1S/C17H26O4/c1-5-9-16(21-13-18-3)17(19-4)14(2)20-12-15-10-7-6-8-11-15/h5-11,14,16-17H,12-13H2,1-4H3/b9-5+/t14-,16+,17+/m0/s1. The molecule has 21 heavy (non-hydrogen) atoms. The molecule has 0 bridgehead atoms. The second-order valence-corrected chi connectivity index (χ2v) is 4.77. The van der Waals surface area contributed by atoms with Crippen LogP contribution in [0.15, 0.2) is 42.5 Å². The van der Waals surface area contributed by atoms with Crippen molar-refractivity contribution in [3.05, 3.63) is 48.0 Å². The summed E-state index contributed by atoms with van der Waals surface area (Å²) in [7, 11) is 3.27. The summed E-state index contributed by atoms with van der Waals surface area (Å²) >= 11 is 0. The third-order valence-corrected chi connectivity index (χ3v) is 3.17. The number of rotatable bonds is 10. The van der Waals surface area contributed by atoms with E-state index in [-0.39, 0.29) is 25.1 Å². The molecule has 1 aromatic rings. The first-order valence-corrected chi connectivity index (χ1v) is 7.14. The maximum atomic E-state index is 5.91. The van der Waals surface area contributed by atoms with Gasteiger partial charge in [0.2, 0.25) is 0 Å². The van der Waals surface area contributed by atoms with Crippen molar-refractivity contribution >= 4 is 0 Å². The van der Waals surface area contributed by atoms with Crippen molar-refractivity contribution in [3.63, 3.8) is 0 Å². The summed E-state index contributed by atoms with van der Waals surface area (Å²) in [4.78, 5) is 0. The van der Waals surface area contributed by atoms with Gasteiger partial charge in [-0.3, -0.25) is 0 Å². The number of benzene rings is 1. The Morgan fingerprint density at radius 2 is 1.81 bits per heavy atom. The van der Waals surface area contributed by atoms with Gasteiger partial charge in [0, 0.05) is 14.2 Å². The molecule has 0 aliphatic carbocycles. The Hall–Kier alpha value is -1.20. The van der Waals surface area contributed by atoms with Gasteiger partial charge in [0.15, 0.2) is 0 Å². The fourth-order valence-corrected chi connectivity index (χ4v) is 2.09. The second kappa shape index (κ2) is 10.5. The van der Waals surface area contributed by atoms with Gasteiger partial charge in [-0.1, -0.05) is 42.5 Å². The molecule has 4 heteroatoms. The van der Waals surface area contributed by atoms with Gasteiger partial charge >= 0.3 is 0 Å². The third-order valence-electron chi connectivity index (χ3n) is 3.17. The highest BCUT2D eigenvalue weighted by Crippen LogP contribution is 2.15. The van der Waals surface area contributed by atoms with Crippen LogP contribution in [0.4, 0.5) is 0 Å². The largest absolute Gasteiger partial charge is 0.376 e. The molecule has 4 nitrogen and oxygen atoms in total. The lowest BCUT2D eigenvalue weighted by Crippen LogP contribution is -2.39. The number of allylic oxidation sites excluding steroid dienone is 1. The van der Waals surface area contributed by atoms with E-state index in [0.29, 0.717) is 6.61 Å². The second-order valence-electron chi connectivity index (χ2n) is 4.77. The minimum absolute atomic E-state index is 0.103. The molecular weight excluding hydrogens is 268 g/mol. The topological polar surface area (TPSA) is 36.9 Å². The molecule has 1 aromatic carbocycles. The zero-order chi connectivity index (χ0) is 15.5. The van der Waals surface area contributed by atoms with E-state index < -0.39 is 0 Å². The van der Waals surface area contributed by atoms with Crippen LogP contribution < -0.4 is 0 Å². The lowest BCUT2D eigenvalue weighted by molar-refractivity contribution is -0.141. The number of hydrogen-bond acceptors (Lipinski definition) is 4. The summed E-state index contributed by atoms with van der Waals surface area (Å²) in [6.07, 6.45) is 3.39. The van der Waals surface area contributed by atoms with Crippen LogP contribution in [0.5, 0.6) is 0 Å². The molecule has 3 atom stereocenters. The van der Waals surface area contributed by atoms with E-state index in [0.717, 1.165) is 5.56 Å². The number of methoxy groups -OCH3 is 2. The lowest BCUT2D eigenvalue weighted by atomic mass is 10.1. The van der Waals surface area contributed by atoms with Crippen molar-refractivity contribution in [2.45, 2.75) is 38.8 Å². The highest BCUT2D eigenvalue weighted by molar-refractivity contribution is 5.13. The molecule has 0 heterocycles. The Morgan fingerprint density at radius 1 is 1.10 bits per heavy atom. The molecule has 0 aliphatic heterocycles. The summed E-state index contributed by atoms with van der Waals surface area (Å²) < 4.78 is 22.1. The van der Waals surface area contributed by atoms with Crippen LogP contribution in [0.25, 0.3) is 0 Å². The molecule has 0 amide bonds. The molecule has 118 valence electrons. The SMILES string of the molecule is C/C=C/[C@@H](OCOC)[C@H](OC)[C@H](C)OCc1ccccc1. The zero-order valence-corrected chi connectivity index (χ0v) is 13.3. The van der Waals surface area contributed by atoms with Crippen LogP contribution in [-0.2, 0) is 25.6 Å². The van der Waals surface area contributed by atoms with E-state index in [1.165, 1.54) is 0 Å². The number of hydrogen-bond donors (Lipinski definition) is 0. The maximum absolute atomic E-state index is 5.91. The van der Waals surface area contributed by atoms with Crippen molar-refractivity contribution in [1.82, 2.24) is 0 Å². The quantitative estimate of drug-likeness (QED) is 0.490. The van der Waals surface area contributed by atoms with Crippen LogP contribution in [0, 0.1) is 0 Å². The molecule has 0 aliphatic rings. The smallest absolute Gasteiger partial charge is 0.147 e. The van der Waals surface area contributed by atoms with E-state index in [1.807, 2.05) is 56.3 Å². The van der Waals surface area contributed by atoms with E-state index in [9.17, 15) is 0 Å². The third kappa shape index (κ3) is 6.40. The van der Waals surface area contributed by atoms with Crippen LogP contribution in [0.3, 0.4) is 0 Å². The van der Waals surface area contributed by atoms with Gasteiger partial charge in [0.1, 0.15) is 19.0 Å². The summed E-state index contributed by atoms with van der Waals surface area (Å²) in [6.45, 7) is 4.71. The van der Waals surface area contributed by atoms with Crippen molar-refractivity contribution < 1.29 is 18.9 Å². The Bertz CT molecular complexity index is 391. The van der Waals surface area contributed by atoms with Crippen LogP contribution >= 0.6 is 0 Å². The molecular formula is C17H26O4. The predicted octanol–water partition coefficient (Wildman–Crippen LogP) is 3.17. The summed E-state index contributed by atoms with van der Waals surface area (Å²) in [5, 5.41) is 0. The van der Waals surface area contributed by atoms with Crippen molar-refractivity contribution in [1.29, 1.82) is 0 Å². The molecule has 0 spiro atoms.